The van der Waals surface area contributed by atoms with Crippen LogP contribution in [-0.2, 0) is 11.8 Å². The van der Waals surface area contributed by atoms with Gasteiger partial charge in [-0.1, -0.05) is 5.21 Å². The second kappa shape index (κ2) is 5.16. The van der Waals surface area contributed by atoms with Crippen LogP contribution in [0.1, 0.15) is 31.3 Å². The van der Waals surface area contributed by atoms with E-state index in [0.29, 0.717) is 5.69 Å². The summed E-state index contributed by atoms with van der Waals surface area (Å²) < 4.78 is 6.51. The number of carbonyl (C=O) groups excluding carboxylic acids is 2. The number of rotatable bonds is 3. The first-order valence-corrected chi connectivity index (χ1v) is 5.52. The van der Waals surface area contributed by atoms with Crippen molar-refractivity contribution in [1.82, 2.24) is 19.9 Å². The summed E-state index contributed by atoms with van der Waals surface area (Å²) >= 11 is 0. The van der Waals surface area contributed by atoms with Gasteiger partial charge in [-0.25, -0.2) is 9.48 Å². The highest BCUT2D eigenvalue weighted by Gasteiger charge is 2.22. The fourth-order valence-corrected chi connectivity index (χ4v) is 1.24. The van der Waals surface area contributed by atoms with Gasteiger partial charge in [0.15, 0.2) is 0 Å². The second-order valence-corrected chi connectivity index (χ2v) is 5.00. The molecule has 18 heavy (non-hydrogen) atoms. The summed E-state index contributed by atoms with van der Waals surface area (Å²) in [7, 11) is 3.13. The molecule has 1 heterocycles. The van der Waals surface area contributed by atoms with Crippen LogP contribution in [0.5, 0.6) is 0 Å². The van der Waals surface area contributed by atoms with Gasteiger partial charge in [0.05, 0.1) is 12.7 Å². The average molecular weight is 254 g/mol. The SMILES string of the molecule is CN(CC(=O)c1cnnn1C)C(=O)OC(C)(C)C. The van der Waals surface area contributed by atoms with Gasteiger partial charge in [0.2, 0.25) is 5.78 Å². The molecule has 0 bridgehead atoms. The second-order valence-electron chi connectivity index (χ2n) is 5.00. The molecule has 0 aromatic carbocycles. The molecule has 0 N–H and O–H groups in total. The smallest absolute Gasteiger partial charge is 0.410 e. The Morgan fingerprint density at radius 1 is 1.44 bits per heavy atom. The lowest BCUT2D eigenvalue weighted by atomic mass is 10.2. The van der Waals surface area contributed by atoms with Gasteiger partial charge in [-0.15, -0.1) is 5.10 Å². The van der Waals surface area contributed by atoms with E-state index in [1.54, 1.807) is 27.8 Å². The highest BCUT2D eigenvalue weighted by atomic mass is 16.6. The van der Waals surface area contributed by atoms with Crippen LogP contribution in [0.2, 0.25) is 0 Å². The molecule has 1 aromatic heterocycles. The van der Waals surface area contributed by atoms with Crippen LogP contribution in [-0.4, -0.2) is 51.0 Å². The standard InChI is InChI=1S/C11H18N4O3/c1-11(2,3)18-10(17)14(4)7-9(16)8-6-12-13-15(8)5/h6H,7H2,1-5H3. The van der Waals surface area contributed by atoms with Crippen LogP contribution in [0.3, 0.4) is 0 Å². The summed E-state index contributed by atoms with van der Waals surface area (Å²) in [5.74, 6) is -0.240. The largest absolute Gasteiger partial charge is 0.444 e. The molecule has 1 aromatic rings. The Hall–Kier alpha value is -1.92. The van der Waals surface area contributed by atoms with Crippen LogP contribution in [0, 0.1) is 0 Å². The van der Waals surface area contributed by atoms with E-state index in [4.69, 9.17) is 4.74 Å². The van der Waals surface area contributed by atoms with Crippen LogP contribution < -0.4 is 0 Å². The molecule has 7 nitrogen and oxygen atoms in total. The number of hydrogen-bond acceptors (Lipinski definition) is 5. The maximum Gasteiger partial charge on any atom is 0.410 e. The van der Waals surface area contributed by atoms with E-state index >= 15 is 0 Å². The van der Waals surface area contributed by atoms with Crippen LogP contribution in [0.4, 0.5) is 4.79 Å². The molecule has 0 fully saturated rings. The summed E-state index contributed by atoms with van der Waals surface area (Å²) in [5, 5.41) is 7.27. The van der Waals surface area contributed by atoms with Gasteiger partial charge in [0, 0.05) is 14.1 Å². The number of ether oxygens (including phenoxy) is 1. The quantitative estimate of drug-likeness (QED) is 0.748. The minimum Gasteiger partial charge on any atom is -0.444 e. The van der Waals surface area contributed by atoms with E-state index < -0.39 is 11.7 Å². The number of nitrogens with zero attached hydrogens (tertiary/aromatic N) is 4. The fraction of sp³-hybridized carbons (Fsp3) is 0.636. The van der Waals surface area contributed by atoms with Crippen molar-refractivity contribution in [3.63, 3.8) is 0 Å². The van der Waals surface area contributed by atoms with Gasteiger partial charge in [0.1, 0.15) is 11.3 Å². The number of likely N-dealkylation sites (N-methyl/N-ethyl adjacent to an activating group) is 1. The molecule has 0 saturated heterocycles. The summed E-state index contributed by atoms with van der Waals surface area (Å²) in [4.78, 5) is 24.7. The topological polar surface area (TPSA) is 77.3 Å². The maximum absolute atomic E-state index is 11.9. The van der Waals surface area contributed by atoms with Crippen molar-refractivity contribution in [1.29, 1.82) is 0 Å². The first-order valence-electron chi connectivity index (χ1n) is 5.52. The molecule has 0 aliphatic carbocycles. The molecule has 0 saturated carbocycles. The number of amides is 1. The molecule has 1 amide bonds. The van der Waals surface area contributed by atoms with Crippen molar-refractivity contribution < 1.29 is 14.3 Å². The number of hydrogen-bond donors (Lipinski definition) is 0. The first kappa shape index (κ1) is 14.1. The normalized spacial score (nSPS) is 11.2. The van der Waals surface area contributed by atoms with Crippen molar-refractivity contribution >= 4 is 11.9 Å². The monoisotopic (exact) mass is 254 g/mol. The third-order valence-electron chi connectivity index (χ3n) is 2.09. The van der Waals surface area contributed by atoms with Crippen LogP contribution in [0.25, 0.3) is 0 Å². The highest BCUT2D eigenvalue weighted by molar-refractivity contribution is 5.97. The Morgan fingerprint density at radius 3 is 2.50 bits per heavy atom. The molecular formula is C11H18N4O3. The summed E-state index contributed by atoms with van der Waals surface area (Å²) in [6, 6.07) is 0. The average Bonchev–Trinajstić information content (AvgIpc) is 2.61. The molecule has 0 aliphatic heterocycles. The van der Waals surface area contributed by atoms with Crippen molar-refractivity contribution in [2.45, 2.75) is 26.4 Å². The van der Waals surface area contributed by atoms with E-state index in [1.165, 1.54) is 22.8 Å². The van der Waals surface area contributed by atoms with Gasteiger partial charge in [-0.3, -0.25) is 4.79 Å². The fourth-order valence-electron chi connectivity index (χ4n) is 1.24. The molecular weight excluding hydrogens is 236 g/mol. The van der Waals surface area contributed by atoms with Crippen molar-refractivity contribution in [2.24, 2.45) is 7.05 Å². The Labute approximate surface area is 106 Å². The van der Waals surface area contributed by atoms with Crippen LogP contribution in [0.15, 0.2) is 6.20 Å². The Bertz CT molecular complexity index is 447. The molecule has 0 atom stereocenters. The van der Waals surface area contributed by atoms with Gasteiger partial charge >= 0.3 is 6.09 Å². The number of aromatic nitrogens is 3. The third kappa shape index (κ3) is 3.83. The Balaban J connectivity index is 2.60. The van der Waals surface area contributed by atoms with Crippen molar-refractivity contribution in [3.05, 3.63) is 11.9 Å². The summed E-state index contributed by atoms with van der Waals surface area (Å²) in [6.45, 7) is 5.24. The van der Waals surface area contributed by atoms with Crippen molar-refractivity contribution in [2.75, 3.05) is 13.6 Å². The predicted molar refractivity (Wildman–Crippen MR) is 64.2 cm³/mol. The number of ketones is 1. The van der Waals surface area contributed by atoms with Gasteiger partial charge in [-0.05, 0) is 20.8 Å². The van der Waals surface area contributed by atoms with Gasteiger partial charge in [-0.2, -0.15) is 0 Å². The predicted octanol–water partition coefficient (Wildman–Crippen LogP) is 0.865. The zero-order chi connectivity index (χ0) is 13.9. The number of carbonyl (C=O) groups is 2. The van der Waals surface area contributed by atoms with E-state index in [-0.39, 0.29) is 12.3 Å². The lowest BCUT2D eigenvalue weighted by Gasteiger charge is -2.24. The van der Waals surface area contributed by atoms with Crippen LogP contribution >= 0.6 is 0 Å². The zero-order valence-corrected chi connectivity index (χ0v) is 11.3. The zero-order valence-electron chi connectivity index (χ0n) is 11.3. The molecule has 0 radical (unpaired) electrons. The number of Topliss-reactive ketones (excluding diaryl/α,β-unsaturated/α-hetero) is 1. The number of aryl methyl sites for hydroxylation is 1. The Morgan fingerprint density at radius 2 is 2.06 bits per heavy atom. The van der Waals surface area contributed by atoms with Gasteiger partial charge < -0.3 is 9.64 Å². The minimum atomic E-state index is -0.581. The molecule has 0 unspecified atom stereocenters. The van der Waals surface area contributed by atoms with E-state index in [0.717, 1.165) is 0 Å². The first-order chi connectivity index (χ1) is 8.20. The van der Waals surface area contributed by atoms with E-state index in [9.17, 15) is 9.59 Å². The molecule has 100 valence electrons. The lowest BCUT2D eigenvalue weighted by Crippen LogP contribution is -2.37. The molecule has 0 spiro atoms. The molecule has 1 rings (SSSR count). The third-order valence-corrected chi connectivity index (χ3v) is 2.09. The summed E-state index contributed by atoms with van der Waals surface area (Å²) in [6.07, 6.45) is 0.830. The summed E-state index contributed by atoms with van der Waals surface area (Å²) in [5.41, 5.74) is -0.229. The maximum atomic E-state index is 11.9. The Kier molecular flexibility index (Phi) is 4.05. The van der Waals surface area contributed by atoms with E-state index in [1.807, 2.05) is 0 Å². The lowest BCUT2D eigenvalue weighted by molar-refractivity contribution is 0.0294. The molecule has 0 aliphatic rings. The van der Waals surface area contributed by atoms with E-state index in [2.05, 4.69) is 10.3 Å². The van der Waals surface area contributed by atoms with Crippen molar-refractivity contribution in [3.8, 4) is 0 Å². The minimum absolute atomic E-state index is 0.0733. The highest BCUT2D eigenvalue weighted by Crippen LogP contribution is 2.09. The van der Waals surface area contributed by atoms with Gasteiger partial charge in [0.25, 0.3) is 0 Å². The molecule has 7 heteroatoms.